The second kappa shape index (κ2) is 6.31. The second-order valence-electron chi connectivity index (χ2n) is 6.73. The van der Waals surface area contributed by atoms with Gasteiger partial charge in [0, 0.05) is 43.6 Å². The largest absolute Gasteiger partial charge is 0.367 e. The molecule has 130 valence electrons. The number of piperidine rings is 1. The summed E-state index contributed by atoms with van der Waals surface area (Å²) in [6, 6.07) is 4.54. The number of nitrogens with one attached hydrogen (secondary N) is 1. The highest BCUT2D eigenvalue weighted by molar-refractivity contribution is 5.87. The van der Waals surface area contributed by atoms with Gasteiger partial charge in [0.25, 0.3) is 0 Å². The molecule has 1 saturated heterocycles. The molecule has 1 N–H and O–H groups in total. The van der Waals surface area contributed by atoms with Crippen LogP contribution in [0.3, 0.4) is 0 Å². The molecular weight excluding hydrogens is 314 g/mol. The van der Waals surface area contributed by atoms with E-state index in [1.54, 1.807) is 12.7 Å². The van der Waals surface area contributed by atoms with Crippen molar-refractivity contribution >= 4 is 22.7 Å². The number of fused-ring (bicyclic) bond motifs is 1. The summed E-state index contributed by atoms with van der Waals surface area (Å²) in [6.07, 6.45) is 5.39. The molecule has 3 aromatic rings. The number of aromatic nitrogens is 5. The topological polar surface area (TPSA) is 71.8 Å². The van der Waals surface area contributed by atoms with Crippen LogP contribution in [0.2, 0.25) is 0 Å². The average molecular weight is 337 g/mol. The summed E-state index contributed by atoms with van der Waals surface area (Å²) < 4.78 is 2.18. The lowest BCUT2D eigenvalue weighted by molar-refractivity contribution is 0.522. The first-order chi connectivity index (χ1) is 12.1. The van der Waals surface area contributed by atoms with Crippen LogP contribution in [0, 0.1) is 13.8 Å². The molecule has 0 aliphatic carbocycles. The molecule has 0 radical (unpaired) electrons. The summed E-state index contributed by atoms with van der Waals surface area (Å²) in [5, 5.41) is 3.53. The molecule has 7 nitrogen and oxygen atoms in total. The van der Waals surface area contributed by atoms with Gasteiger partial charge in [0.15, 0.2) is 5.82 Å². The maximum atomic E-state index is 4.58. The lowest BCUT2D eigenvalue weighted by Crippen LogP contribution is -2.40. The highest BCUT2D eigenvalue weighted by atomic mass is 15.2. The zero-order valence-corrected chi connectivity index (χ0v) is 14.9. The Labute approximate surface area is 147 Å². The Morgan fingerprint density at radius 3 is 2.52 bits per heavy atom. The Morgan fingerprint density at radius 1 is 1.00 bits per heavy atom. The maximum Gasteiger partial charge on any atom is 0.156 e. The number of hydrogen-bond acceptors (Lipinski definition) is 6. The monoisotopic (exact) mass is 337 g/mol. The van der Waals surface area contributed by atoms with E-state index >= 15 is 0 Å². The zero-order valence-electron chi connectivity index (χ0n) is 14.9. The van der Waals surface area contributed by atoms with Crippen molar-refractivity contribution in [1.29, 1.82) is 0 Å². The standard InChI is InChI=1S/C18H23N7/c1-12-8-16(21-10-19-12)23-14-4-6-25(7-5-14)18-17-15(20-11-22-18)9-13(2)24(17)3/h8-11,14H,4-7H2,1-3H3,(H,19,21,23). The number of nitrogens with zero attached hydrogens (tertiary/aromatic N) is 6. The van der Waals surface area contributed by atoms with E-state index in [1.807, 2.05) is 13.0 Å². The fourth-order valence-electron chi connectivity index (χ4n) is 3.49. The molecule has 0 bridgehead atoms. The predicted octanol–water partition coefficient (Wildman–Crippen LogP) is 2.46. The lowest BCUT2D eigenvalue weighted by Gasteiger charge is -2.33. The first kappa shape index (κ1) is 15.8. The number of hydrogen-bond donors (Lipinski definition) is 1. The molecule has 25 heavy (non-hydrogen) atoms. The van der Waals surface area contributed by atoms with Crippen LogP contribution in [0.4, 0.5) is 11.6 Å². The van der Waals surface area contributed by atoms with Gasteiger partial charge in [0.05, 0.1) is 5.52 Å². The van der Waals surface area contributed by atoms with E-state index in [0.717, 1.165) is 54.3 Å². The van der Waals surface area contributed by atoms with Gasteiger partial charge < -0.3 is 14.8 Å². The summed E-state index contributed by atoms with van der Waals surface area (Å²) in [7, 11) is 2.08. The Hall–Kier alpha value is -2.70. The minimum Gasteiger partial charge on any atom is -0.367 e. The molecule has 0 atom stereocenters. The molecule has 0 unspecified atom stereocenters. The highest BCUT2D eigenvalue weighted by Gasteiger charge is 2.23. The van der Waals surface area contributed by atoms with Crippen molar-refractivity contribution in [3.63, 3.8) is 0 Å². The highest BCUT2D eigenvalue weighted by Crippen LogP contribution is 2.28. The van der Waals surface area contributed by atoms with Crippen LogP contribution < -0.4 is 10.2 Å². The van der Waals surface area contributed by atoms with Crippen LogP contribution >= 0.6 is 0 Å². The van der Waals surface area contributed by atoms with Gasteiger partial charge in [-0.3, -0.25) is 0 Å². The molecule has 0 saturated carbocycles. The van der Waals surface area contributed by atoms with Crippen molar-refractivity contribution in [2.75, 3.05) is 23.3 Å². The van der Waals surface area contributed by atoms with E-state index in [4.69, 9.17) is 0 Å². The molecular formula is C18H23N7. The van der Waals surface area contributed by atoms with Crippen LogP contribution in [-0.2, 0) is 7.05 Å². The van der Waals surface area contributed by atoms with E-state index in [0.29, 0.717) is 6.04 Å². The smallest absolute Gasteiger partial charge is 0.156 e. The Morgan fingerprint density at radius 2 is 1.76 bits per heavy atom. The van der Waals surface area contributed by atoms with Crippen molar-refractivity contribution in [2.24, 2.45) is 7.05 Å². The average Bonchev–Trinajstić information content (AvgIpc) is 2.90. The Kier molecular flexibility index (Phi) is 3.99. The summed E-state index contributed by atoms with van der Waals surface area (Å²) in [5.74, 6) is 1.95. The molecule has 1 fully saturated rings. The minimum atomic E-state index is 0.429. The first-order valence-electron chi connectivity index (χ1n) is 8.69. The number of rotatable bonds is 3. The van der Waals surface area contributed by atoms with Gasteiger partial charge >= 0.3 is 0 Å². The second-order valence-corrected chi connectivity index (χ2v) is 6.73. The van der Waals surface area contributed by atoms with Gasteiger partial charge in [-0.05, 0) is 32.8 Å². The molecule has 4 rings (SSSR count). The molecule has 1 aliphatic rings. The predicted molar refractivity (Wildman–Crippen MR) is 98.9 cm³/mol. The maximum absolute atomic E-state index is 4.58. The summed E-state index contributed by atoms with van der Waals surface area (Å²) in [4.78, 5) is 19.8. The minimum absolute atomic E-state index is 0.429. The summed E-state index contributed by atoms with van der Waals surface area (Å²) >= 11 is 0. The lowest BCUT2D eigenvalue weighted by atomic mass is 10.0. The van der Waals surface area contributed by atoms with Crippen molar-refractivity contribution in [3.05, 3.63) is 36.2 Å². The molecule has 0 aromatic carbocycles. The SMILES string of the molecule is Cc1cc(NC2CCN(c3ncnc4cc(C)n(C)c34)CC2)ncn1. The third-order valence-corrected chi connectivity index (χ3v) is 4.99. The van der Waals surface area contributed by atoms with Gasteiger partial charge in [-0.25, -0.2) is 19.9 Å². The third-order valence-electron chi connectivity index (χ3n) is 4.99. The summed E-state index contributed by atoms with van der Waals surface area (Å²) in [5.41, 5.74) is 4.32. The molecule has 0 spiro atoms. The van der Waals surface area contributed by atoms with Crippen LogP contribution in [0.15, 0.2) is 24.8 Å². The summed E-state index contributed by atoms with van der Waals surface area (Å²) in [6.45, 7) is 6.03. The molecule has 4 heterocycles. The normalized spacial score (nSPS) is 15.7. The van der Waals surface area contributed by atoms with E-state index < -0.39 is 0 Å². The molecule has 1 aliphatic heterocycles. The van der Waals surface area contributed by atoms with Crippen molar-refractivity contribution in [3.8, 4) is 0 Å². The van der Waals surface area contributed by atoms with E-state index in [9.17, 15) is 0 Å². The van der Waals surface area contributed by atoms with Crippen LogP contribution in [0.5, 0.6) is 0 Å². The first-order valence-corrected chi connectivity index (χ1v) is 8.69. The Balaban J connectivity index is 1.49. The van der Waals surface area contributed by atoms with E-state index in [1.165, 1.54) is 5.69 Å². The van der Waals surface area contributed by atoms with Crippen LogP contribution in [0.25, 0.3) is 11.0 Å². The van der Waals surface area contributed by atoms with Gasteiger partial charge in [-0.15, -0.1) is 0 Å². The third kappa shape index (κ3) is 3.01. The van der Waals surface area contributed by atoms with Crippen LogP contribution in [-0.4, -0.2) is 43.6 Å². The van der Waals surface area contributed by atoms with Gasteiger partial charge in [0.1, 0.15) is 24.0 Å². The van der Waals surface area contributed by atoms with Crippen molar-refractivity contribution < 1.29 is 0 Å². The Bertz CT molecular complexity index is 894. The molecule has 0 amide bonds. The van der Waals surface area contributed by atoms with Crippen molar-refractivity contribution in [2.45, 2.75) is 32.7 Å². The number of aryl methyl sites for hydroxylation is 3. The van der Waals surface area contributed by atoms with E-state index in [2.05, 4.69) is 54.8 Å². The number of anilines is 2. The van der Waals surface area contributed by atoms with Gasteiger partial charge in [0.2, 0.25) is 0 Å². The van der Waals surface area contributed by atoms with Crippen molar-refractivity contribution in [1.82, 2.24) is 24.5 Å². The fourth-order valence-corrected chi connectivity index (χ4v) is 3.49. The molecule has 3 aromatic heterocycles. The fraction of sp³-hybridized carbons (Fsp3) is 0.444. The quantitative estimate of drug-likeness (QED) is 0.791. The van der Waals surface area contributed by atoms with Gasteiger partial charge in [-0.1, -0.05) is 0 Å². The van der Waals surface area contributed by atoms with Crippen LogP contribution in [0.1, 0.15) is 24.2 Å². The van der Waals surface area contributed by atoms with Gasteiger partial charge in [-0.2, -0.15) is 0 Å². The zero-order chi connectivity index (χ0) is 17.4. The van der Waals surface area contributed by atoms with E-state index in [-0.39, 0.29) is 0 Å². The molecule has 7 heteroatoms.